The predicted molar refractivity (Wildman–Crippen MR) is 64.6 cm³/mol. The first-order valence-electron chi connectivity index (χ1n) is 5.18. The average molecular weight is 219 g/mol. The number of nitrogens with one attached hydrogen (secondary N) is 1. The van der Waals surface area contributed by atoms with Crippen LogP contribution in [0, 0.1) is 6.92 Å². The highest BCUT2D eigenvalue weighted by atomic mass is 16.5. The lowest BCUT2D eigenvalue weighted by molar-refractivity contribution is -0.120. The third-order valence-electron chi connectivity index (χ3n) is 2.23. The molecule has 0 unspecified atom stereocenters. The summed E-state index contributed by atoms with van der Waals surface area (Å²) in [5.41, 5.74) is 2.02. The topological polar surface area (TPSA) is 38.3 Å². The lowest BCUT2D eigenvalue weighted by Crippen LogP contribution is -2.25. The van der Waals surface area contributed by atoms with Crippen LogP contribution in [0.4, 0.5) is 0 Å². The number of methoxy groups -OCH3 is 1. The molecule has 0 aliphatic rings. The second kappa shape index (κ2) is 5.95. The number of rotatable bonds is 5. The number of carbonyl (C=O) groups is 1. The number of aryl methyl sites for hydroxylation is 1. The van der Waals surface area contributed by atoms with E-state index < -0.39 is 0 Å². The van der Waals surface area contributed by atoms with E-state index in [0.29, 0.717) is 13.0 Å². The number of hydrogen-bond donors (Lipinski definition) is 1. The quantitative estimate of drug-likeness (QED) is 0.767. The summed E-state index contributed by atoms with van der Waals surface area (Å²) >= 11 is 0. The Balaban J connectivity index is 2.74. The SMILES string of the molecule is C=CCNC(=O)Cc1cc(C)ccc1OC. The van der Waals surface area contributed by atoms with Gasteiger partial charge in [0, 0.05) is 12.1 Å². The van der Waals surface area contributed by atoms with Crippen molar-refractivity contribution in [1.29, 1.82) is 0 Å². The highest BCUT2D eigenvalue weighted by molar-refractivity contribution is 5.79. The van der Waals surface area contributed by atoms with Crippen molar-refractivity contribution in [3.8, 4) is 5.75 Å². The number of carbonyl (C=O) groups excluding carboxylic acids is 1. The smallest absolute Gasteiger partial charge is 0.224 e. The molecule has 1 rings (SSSR count). The van der Waals surface area contributed by atoms with Gasteiger partial charge in [0.1, 0.15) is 5.75 Å². The van der Waals surface area contributed by atoms with E-state index in [4.69, 9.17) is 4.74 Å². The van der Waals surface area contributed by atoms with Crippen LogP contribution in [-0.4, -0.2) is 19.6 Å². The third-order valence-corrected chi connectivity index (χ3v) is 2.23. The zero-order chi connectivity index (χ0) is 12.0. The molecule has 0 saturated heterocycles. The lowest BCUT2D eigenvalue weighted by atomic mass is 10.1. The Morgan fingerprint density at radius 1 is 1.56 bits per heavy atom. The van der Waals surface area contributed by atoms with Crippen molar-refractivity contribution >= 4 is 5.91 Å². The van der Waals surface area contributed by atoms with Crippen LogP contribution >= 0.6 is 0 Å². The summed E-state index contributed by atoms with van der Waals surface area (Å²) in [7, 11) is 1.61. The van der Waals surface area contributed by atoms with Crippen molar-refractivity contribution in [2.75, 3.05) is 13.7 Å². The minimum Gasteiger partial charge on any atom is -0.496 e. The highest BCUT2D eigenvalue weighted by Gasteiger charge is 2.07. The fourth-order valence-corrected chi connectivity index (χ4v) is 1.47. The monoisotopic (exact) mass is 219 g/mol. The largest absolute Gasteiger partial charge is 0.496 e. The first-order chi connectivity index (χ1) is 7.67. The van der Waals surface area contributed by atoms with Crippen LogP contribution in [0.2, 0.25) is 0 Å². The first-order valence-corrected chi connectivity index (χ1v) is 5.18. The van der Waals surface area contributed by atoms with Gasteiger partial charge in [-0.2, -0.15) is 0 Å². The van der Waals surface area contributed by atoms with E-state index >= 15 is 0 Å². The molecule has 1 amide bonds. The van der Waals surface area contributed by atoms with E-state index in [9.17, 15) is 4.79 Å². The Labute approximate surface area is 96.1 Å². The van der Waals surface area contributed by atoms with Crippen LogP contribution in [0.25, 0.3) is 0 Å². The number of amides is 1. The second-order valence-corrected chi connectivity index (χ2v) is 3.58. The highest BCUT2D eigenvalue weighted by Crippen LogP contribution is 2.19. The number of ether oxygens (including phenoxy) is 1. The fourth-order valence-electron chi connectivity index (χ4n) is 1.47. The fraction of sp³-hybridized carbons (Fsp3) is 0.308. The minimum absolute atomic E-state index is 0.0243. The van der Waals surface area contributed by atoms with Crippen LogP contribution in [0.5, 0.6) is 5.75 Å². The van der Waals surface area contributed by atoms with Crippen LogP contribution in [0.1, 0.15) is 11.1 Å². The normalized spacial score (nSPS) is 9.62. The van der Waals surface area contributed by atoms with Crippen LogP contribution in [0.3, 0.4) is 0 Å². The van der Waals surface area contributed by atoms with Gasteiger partial charge in [-0.15, -0.1) is 6.58 Å². The molecule has 3 nitrogen and oxygen atoms in total. The van der Waals surface area contributed by atoms with Crippen LogP contribution < -0.4 is 10.1 Å². The van der Waals surface area contributed by atoms with E-state index in [1.807, 2.05) is 25.1 Å². The van der Waals surface area contributed by atoms with Crippen molar-refractivity contribution in [1.82, 2.24) is 5.32 Å². The van der Waals surface area contributed by atoms with Gasteiger partial charge in [-0.3, -0.25) is 4.79 Å². The molecule has 1 aromatic rings. The molecule has 0 radical (unpaired) electrons. The summed E-state index contributed by atoms with van der Waals surface area (Å²) in [4.78, 5) is 11.5. The summed E-state index contributed by atoms with van der Waals surface area (Å²) < 4.78 is 5.21. The maximum absolute atomic E-state index is 11.5. The maximum atomic E-state index is 11.5. The molecule has 0 aliphatic carbocycles. The van der Waals surface area contributed by atoms with E-state index in [0.717, 1.165) is 16.9 Å². The molecule has 86 valence electrons. The van der Waals surface area contributed by atoms with Gasteiger partial charge < -0.3 is 10.1 Å². The molecule has 0 bridgehead atoms. The van der Waals surface area contributed by atoms with Gasteiger partial charge in [-0.1, -0.05) is 23.8 Å². The molecule has 0 fully saturated rings. The Hall–Kier alpha value is -1.77. The van der Waals surface area contributed by atoms with E-state index in [1.54, 1.807) is 13.2 Å². The van der Waals surface area contributed by atoms with E-state index in [2.05, 4.69) is 11.9 Å². The third kappa shape index (κ3) is 3.42. The van der Waals surface area contributed by atoms with Gasteiger partial charge >= 0.3 is 0 Å². The van der Waals surface area contributed by atoms with Crippen molar-refractivity contribution in [3.63, 3.8) is 0 Å². The van der Waals surface area contributed by atoms with Crippen LogP contribution in [0.15, 0.2) is 30.9 Å². The Morgan fingerprint density at radius 3 is 2.94 bits per heavy atom. The molecule has 0 aromatic heterocycles. The molecule has 1 aromatic carbocycles. The van der Waals surface area contributed by atoms with Gasteiger partial charge in [0.2, 0.25) is 5.91 Å². The van der Waals surface area contributed by atoms with Gasteiger partial charge in [-0.25, -0.2) is 0 Å². The minimum atomic E-state index is -0.0243. The van der Waals surface area contributed by atoms with Gasteiger partial charge in [0.25, 0.3) is 0 Å². The van der Waals surface area contributed by atoms with Crippen molar-refractivity contribution in [2.45, 2.75) is 13.3 Å². The zero-order valence-electron chi connectivity index (χ0n) is 9.75. The molecule has 3 heteroatoms. The summed E-state index contributed by atoms with van der Waals surface area (Å²) in [5, 5.41) is 2.74. The first kappa shape index (κ1) is 12.3. The van der Waals surface area contributed by atoms with E-state index in [-0.39, 0.29) is 5.91 Å². The molecule has 16 heavy (non-hydrogen) atoms. The molecular formula is C13H17NO2. The second-order valence-electron chi connectivity index (χ2n) is 3.58. The summed E-state index contributed by atoms with van der Waals surface area (Å²) in [5.74, 6) is 0.725. The molecule has 0 aliphatic heterocycles. The lowest BCUT2D eigenvalue weighted by Gasteiger charge is -2.09. The van der Waals surface area contributed by atoms with Crippen molar-refractivity contribution in [2.24, 2.45) is 0 Å². The Bertz CT molecular complexity index is 386. The molecule has 0 heterocycles. The number of hydrogen-bond acceptors (Lipinski definition) is 2. The Morgan fingerprint density at radius 2 is 2.31 bits per heavy atom. The Kier molecular flexibility index (Phi) is 4.58. The molecular weight excluding hydrogens is 202 g/mol. The van der Waals surface area contributed by atoms with Crippen molar-refractivity contribution < 1.29 is 9.53 Å². The van der Waals surface area contributed by atoms with Crippen molar-refractivity contribution in [3.05, 3.63) is 42.0 Å². The summed E-state index contributed by atoms with van der Waals surface area (Å²) in [6.45, 7) is 6.03. The zero-order valence-corrected chi connectivity index (χ0v) is 9.75. The number of benzene rings is 1. The van der Waals surface area contributed by atoms with Gasteiger partial charge in [-0.05, 0) is 13.0 Å². The molecule has 0 spiro atoms. The standard InChI is InChI=1S/C13H17NO2/c1-4-7-14-13(15)9-11-8-10(2)5-6-12(11)16-3/h4-6,8H,1,7,9H2,2-3H3,(H,14,15). The van der Waals surface area contributed by atoms with Gasteiger partial charge in [0.05, 0.1) is 13.5 Å². The molecule has 0 saturated carbocycles. The maximum Gasteiger partial charge on any atom is 0.224 e. The molecule has 1 N–H and O–H groups in total. The molecule has 0 atom stereocenters. The van der Waals surface area contributed by atoms with E-state index in [1.165, 1.54) is 0 Å². The average Bonchev–Trinajstić information content (AvgIpc) is 2.27. The summed E-state index contributed by atoms with van der Waals surface area (Å²) in [6, 6.07) is 5.81. The van der Waals surface area contributed by atoms with Crippen LogP contribution in [-0.2, 0) is 11.2 Å². The predicted octanol–water partition coefficient (Wildman–Crippen LogP) is 1.85. The summed E-state index contributed by atoms with van der Waals surface area (Å²) in [6.07, 6.45) is 1.99. The van der Waals surface area contributed by atoms with Gasteiger partial charge in [0.15, 0.2) is 0 Å².